The predicted octanol–water partition coefficient (Wildman–Crippen LogP) is 3.71. The Kier molecular flexibility index (Phi) is 3.17. The maximum Gasteiger partial charge on any atom is 0.146 e. The summed E-state index contributed by atoms with van der Waals surface area (Å²) in [6.07, 6.45) is 2.24. The van der Waals surface area contributed by atoms with Crippen LogP contribution in [0.3, 0.4) is 0 Å². The molecule has 0 aliphatic heterocycles. The Bertz CT molecular complexity index is 663. The number of carbonyl (C=O) groups is 2. The molecule has 2 aromatic rings. The normalized spacial score (nSPS) is 17.9. The third kappa shape index (κ3) is 2.05. The van der Waals surface area contributed by atoms with Crippen molar-refractivity contribution < 1.29 is 9.59 Å². The molecule has 0 aromatic heterocycles. The molecule has 0 atom stereocenters. The zero-order chi connectivity index (χ0) is 14.2. The summed E-state index contributed by atoms with van der Waals surface area (Å²) in [5.41, 5.74) is 0.466. The van der Waals surface area contributed by atoms with Gasteiger partial charge in [0.1, 0.15) is 11.6 Å². The molecular weight excluding hydrogens is 248 g/mol. The number of carbonyl (C=O) groups excluding carboxylic acids is 2. The zero-order valence-electron chi connectivity index (χ0n) is 11.7. The lowest BCUT2D eigenvalue weighted by Gasteiger charge is -2.20. The standard InChI is InChI=1S/C18H18O2/c1-18(16(19)9-10-17(18)20)12-11-14-7-4-6-13-5-2-3-8-15(13)14/h2-8H,9-12H2,1H3. The molecule has 2 heteroatoms. The Balaban J connectivity index is 1.88. The lowest BCUT2D eigenvalue weighted by molar-refractivity contribution is -0.134. The van der Waals surface area contributed by atoms with Crippen LogP contribution in [0.15, 0.2) is 42.5 Å². The maximum absolute atomic E-state index is 12.0. The molecule has 0 unspecified atom stereocenters. The second kappa shape index (κ2) is 4.86. The summed E-state index contributed by atoms with van der Waals surface area (Å²) in [7, 11) is 0. The van der Waals surface area contributed by atoms with Crippen LogP contribution in [-0.4, -0.2) is 11.6 Å². The summed E-state index contributed by atoms with van der Waals surface area (Å²) in [5.74, 6) is 0.227. The van der Waals surface area contributed by atoms with Gasteiger partial charge in [0.2, 0.25) is 0 Å². The van der Waals surface area contributed by atoms with Crippen molar-refractivity contribution in [2.45, 2.75) is 32.6 Å². The molecule has 1 aliphatic rings. The lowest BCUT2D eigenvalue weighted by atomic mass is 9.80. The van der Waals surface area contributed by atoms with Gasteiger partial charge >= 0.3 is 0 Å². The van der Waals surface area contributed by atoms with Crippen molar-refractivity contribution in [3.8, 4) is 0 Å². The summed E-state index contributed by atoms with van der Waals surface area (Å²) in [4.78, 5) is 23.9. The average molecular weight is 266 g/mol. The number of rotatable bonds is 3. The van der Waals surface area contributed by atoms with Crippen molar-refractivity contribution in [1.29, 1.82) is 0 Å². The smallest absolute Gasteiger partial charge is 0.146 e. The summed E-state index contributed by atoms with van der Waals surface area (Å²) in [6, 6.07) is 14.5. The fraction of sp³-hybridized carbons (Fsp3) is 0.333. The minimum atomic E-state index is -0.753. The molecule has 1 fully saturated rings. The van der Waals surface area contributed by atoms with Crippen molar-refractivity contribution in [1.82, 2.24) is 0 Å². The highest BCUT2D eigenvalue weighted by Crippen LogP contribution is 2.36. The van der Waals surface area contributed by atoms with Crippen LogP contribution in [0.2, 0.25) is 0 Å². The van der Waals surface area contributed by atoms with E-state index in [1.807, 2.05) is 25.1 Å². The average Bonchev–Trinajstić information content (AvgIpc) is 2.73. The molecule has 2 aromatic carbocycles. The Morgan fingerprint density at radius 3 is 2.35 bits per heavy atom. The lowest BCUT2D eigenvalue weighted by Crippen LogP contribution is -2.29. The molecule has 0 bridgehead atoms. The fourth-order valence-electron chi connectivity index (χ4n) is 3.11. The van der Waals surface area contributed by atoms with Crippen molar-refractivity contribution in [2.24, 2.45) is 5.41 Å². The van der Waals surface area contributed by atoms with Crippen LogP contribution in [0.4, 0.5) is 0 Å². The molecular formula is C18H18O2. The van der Waals surface area contributed by atoms with E-state index in [0.717, 1.165) is 6.42 Å². The van der Waals surface area contributed by atoms with Gasteiger partial charge < -0.3 is 0 Å². The molecule has 0 heterocycles. The zero-order valence-corrected chi connectivity index (χ0v) is 11.7. The van der Waals surface area contributed by atoms with E-state index in [1.165, 1.54) is 16.3 Å². The van der Waals surface area contributed by atoms with Crippen LogP contribution in [0.1, 0.15) is 31.7 Å². The van der Waals surface area contributed by atoms with E-state index in [1.54, 1.807) is 0 Å². The Morgan fingerprint density at radius 1 is 0.950 bits per heavy atom. The first-order valence-electron chi connectivity index (χ1n) is 7.14. The second-order valence-electron chi connectivity index (χ2n) is 5.82. The number of Topliss-reactive ketones (excluding diaryl/α,β-unsaturated/α-hetero) is 2. The van der Waals surface area contributed by atoms with Crippen LogP contribution >= 0.6 is 0 Å². The van der Waals surface area contributed by atoms with E-state index >= 15 is 0 Å². The summed E-state index contributed by atoms with van der Waals surface area (Å²) >= 11 is 0. The first-order valence-corrected chi connectivity index (χ1v) is 7.14. The van der Waals surface area contributed by atoms with Gasteiger partial charge in [0.15, 0.2) is 0 Å². The quantitative estimate of drug-likeness (QED) is 0.794. The van der Waals surface area contributed by atoms with Gasteiger partial charge in [-0.05, 0) is 36.1 Å². The van der Waals surface area contributed by atoms with Crippen molar-refractivity contribution in [2.75, 3.05) is 0 Å². The third-order valence-electron chi connectivity index (χ3n) is 4.58. The van der Waals surface area contributed by atoms with Crippen molar-refractivity contribution in [3.63, 3.8) is 0 Å². The molecule has 0 amide bonds. The van der Waals surface area contributed by atoms with Gasteiger partial charge in [0, 0.05) is 12.8 Å². The molecule has 102 valence electrons. The predicted molar refractivity (Wildman–Crippen MR) is 79.6 cm³/mol. The van der Waals surface area contributed by atoms with Crippen LogP contribution < -0.4 is 0 Å². The van der Waals surface area contributed by atoms with Gasteiger partial charge in [0.25, 0.3) is 0 Å². The Labute approximate surface area is 118 Å². The first kappa shape index (κ1) is 13.0. The number of aryl methyl sites for hydroxylation is 1. The van der Waals surface area contributed by atoms with E-state index in [2.05, 4.69) is 24.3 Å². The summed E-state index contributed by atoms with van der Waals surface area (Å²) in [5, 5.41) is 2.43. The molecule has 20 heavy (non-hydrogen) atoms. The Morgan fingerprint density at radius 2 is 1.60 bits per heavy atom. The van der Waals surface area contributed by atoms with Gasteiger partial charge in [-0.2, -0.15) is 0 Å². The SMILES string of the molecule is CC1(CCc2cccc3ccccc23)C(=O)CCC1=O. The van der Waals surface area contributed by atoms with Crippen LogP contribution in [0, 0.1) is 5.41 Å². The Hall–Kier alpha value is -1.96. The molecule has 0 saturated heterocycles. The van der Waals surface area contributed by atoms with Gasteiger partial charge in [0.05, 0.1) is 5.41 Å². The minimum absolute atomic E-state index is 0.114. The van der Waals surface area contributed by atoms with Crippen molar-refractivity contribution in [3.05, 3.63) is 48.0 Å². The topological polar surface area (TPSA) is 34.1 Å². The number of hydrogen-bond donors (Lipinski definition) is 0. The second-order valence-corrected chi connectivity index (χ2v) is 5.82. The monoisotopic (exact) mass is 266 g/mol. The van der Waals surface area contributed by atoms with Gasteiger partial charge in [-0.25, -0.2) is 0 Å². The highest BCUT2D eigenvalue weighted by Gasteiger charge is 2.44. The third-order valence-corrected chi connectivity index (χ3v) is 4.58. The van der Waals surface area contributed by atoms with Crippen LogP contribution in [0.25, 0.3) is 10.8 Å². The molecule has 0 radical (unpaired) electrons. The maximum atomic E-state index is 12.0. The van der Waals surface area contributed by atoms with E-state index in [0.29, 0.717) is 19.3 Å². The van der Waals surface area contributed by atoms with E-state index in [9.17, 15) is 9.59 Å². The molecule has 2 nitrogen and oxygen atoms in total. The van der Waals surface area contributed by atoms with Crippen LogP contribution in [-0.2, 0) is 16.0 Å². The highest BCUT2D eigenvalue weighted by atomic mass is 16.2. The highest BCUT2D eigenvalue weighted by molar-refractivity contribution is 6.12. The molecule has 3 rings (SSSR count). The summed E-state index contributed by atoms with van der Waals surface area (Å²) in [6.45, 7) is 1.82. The number of ketones is 2. The summed E-state index contributed by atoms with van der Waals surface area (Å²) < 4.78 is 0. The van der Waals surface area contributed by atoms with E-state index in [-0.39, 0.29) is 11.6 Å². The van der Waals surface area contributed by atoms with E-state index in [4.69, 9.17) is 0 Å². The largest absolute Gasteiger partial charge is 0.299 e. The van der Waals surface area contributed by atoms with Crippen LogP contribution in [0.5, 0.6) is 0 Å². The van der Waals surface area contributed by atoms with Gasteiger partial charge in [-0.1, -0.05) is 42.5 Å². The van der Waals surface area contributed by atoms with Gasteiger partial charge in [-0.3, -0.25) is 9.59 Å². The first-order chi connectivity index (χ1) is 9.61. The molecule has 1 aliphatic carbocycles. The molecule has 1 saturated carbocycles. The molecule has 0 spiro atoms. The van der Waals surface area contributed by atoms with Crippen molar-refractivity contribution >= 4 is 22.3 Å². The molecule has 0 N–H and O–H groups in total. The number of fused-ring (bicyclic) bond motifs is 1. The number of benzene rings is 2. The number of hydrogen-bond acceptors (Lipinski definition) is 2. The fourth-order valence-corrected chi connectivity index (χ4v) is 3.11. The minimum Gasteiger partial charge on any atom is -0.299 e. The van der Waals surface area contributed by atoms with Gasteiger partial charge in [-0.15, -0.1) is 0 Å². The van der Waals surface area contributed by atoms with E-state index < -0.39 is 5.41 Å².